The van der Waals surface area contributed by atoms with Gasteiger partial charge in [-0.1, -0.05) is 33.6 Å². The Hall–Kier alpha value is -1.59. The standard InChI is InChI=1S/C13H10BrClN2O2/c14-9-2-1-8(11(15)5-9)7-19-13(18)12-4-3-10(16)6-17-12/h1-6H,7,16H2. The van der Waals surface area contributed by atoms with Crippen LogP contribution in [0.1, 0.15) is 16.1 Å². The van der Waals surface area contributed by atoms with Gasteiger partial charge < -0.3 is 10.5 Å². The molecule has 6 heteroatoms. The fraction of sp³-hybridized carbons (Fsp3) is 0.0769. The van der Waals surface area contributed by atoms with Crippen LogP contribution in [0.15, 0.2) is 41.0 Å². The second kappa shape index (κ2) is 6.04. The smallest absolute Gasteiger partial charge is 0.357 e. The van der Waals surface area contributed by atoms with Crippen molar-refractivity contribution in [2.75, 3.05) is 5.73 Å². The number of esters is 1. The maximum Gasteiger partial charge on any atom is 0.357 e. The molecule has 0 amide bonds. The van der Waals surface area contributed by atoms with Crippen molar-refractivity contribution in [2.24, 2.45) is 0 Å². The largest absolute Gasteiger partial charge is 0.456 e. The highest BCUT2D eigenvalue weighted by Gasteiger charge is 2.10. The number of rotatable bonds is 3. The number of halogens is 2. The Morgan fingerprint density at radius 3 is 2.79 bits per heavy atom. The highest BCUT2D eigenvalue weighted by atomic mass is 79.9. The first-order chi connectivity index (χ1) is 9.06. The number of carbonyl (C=O) groups is 1. The van der Waals surface area contributed by atoms with Crippen molar-refractivity contribution in [1.82, 2.24) is 4.98 Å². The van der Waals surface area contributed by atoms with E-state index in [0.29, 0.717) is 10.7 Å². The minimum Gasteiger partial charge on any atom is -0.456 e. The first-order valence-corrected chi connectivity index (χ1v) is 6.56. The first-order valence-electron chi connectivity index (χ1n) is 5.39. The molecule has 0 unspecified atom stereocenters. The van der Waals surface area contributed by atoms with E-state index < -0.39 is 5.97 Å². The summed E-state index contributed by atoms with van der Waals surface area (Å²) < 4.78 is 6.00. The Balaban J connectivity index is 2.02. The Morgan fingerprint density at radius 2 is 2.16 bits per heavy atom. The van der Waals surface area contributed by atoms with E-state index in [0.717, 1.165) is 10.0 Å². The number of hydrogen-bond acceptors (Lipinski definition) is 4. The molecule has 0 aliphatic rings. The second-order valence-electron chi connectivity index (χ2n) is 3.79. The summed E-state index contributed by atoms with van der Waals surface area (Å²) in [6.07, 6.45) is 1.41. The molecule has 0 spiro atoms. The Bertz CT molecular complexity index is 602. The average Bonchev–Trinajstić information content (AvgIpc) is 2.38. The van der Waals surface area contributed by atoms with Crippen LogP contribution in [0.4, 0.5) is 5.69 Å². The minimum atomic E-state index is -0.515. The topological polar surface area (TPSA) is 65.2 Å². The molecule has 0 aliphatic heterocycles. The predicted octanol–water partition coefficient (Wildman–Crippen LogP) is 3.44. The average molecular weight is 342 g/mol. The molecular weight excluding hydrogens is 332 g/mol. The number of pyridine rings is 1. The van der Waals surface area contributed by atoms with Gasteiger partial charge in [0.15, 0.2) is 0 Å². The fourth-order valence-electron chi connectivity index (χ4n) is 1.38. The number of nitrogens with two attached hydrogens (primary N) is 1. The Kier molecular flexibility index (Phi) is 4.39. The lowest BCUT2D eigenvalue weighted by atomic mass is 10.2. The molecule has 2 N–H and O–H groups in total. The molecule has 0 saturated carbocycles. The van der Waals surface area contributed by atoms with Crippen LogP contribution < -0.4 is 5.73 Å². The number of nitrogens with zero attached hydrogens (tertiary/aromatic N) is 1. The summed E-state index contributed by atoms with van der Waals surface area (Å²) in [5.74, 6) is -0.515. The van der Waals surface area contributed by atoms with E-state index in [2.05, 4.69) is 20.9 Å². The molecule has 1 aromatic carbocycles. The van der Waals surface area contributed by atoms with Crippen molar-refractivity contribution in [3.8, 4) is 0 Å². The molecule has 1 heterocycles. The monoisotopic (exact) mass is 340 g/mol. The number of anilines is 1. The highest BCUT2D eigenvalue weighted by Crippen LogP contribution is 2.22. The number of hydrogen-bond donors (Lipinski definition) is 1. The second-order valence-corrected chi connectivity index (χ2v) is 5.11. The molecule has 0 fully saturated rings. The van der Waals surface area contributed by atoms with Gasteiger partial charge in [0.1, 0.15) is 12.3 Å². The van der Waals surface area contributed by atoms with Gasteiger partial charge in [-0.25, -0.2) is 9.78 Å². The van der Waals surface area contributed by atoms with Crippen LogP contribution in [0.25, 0.3) is 0 Å². The van der Waals surface area contributed by atoms with Crippen molar-refractivity contribution < 1.29 is 9.53 Å². The molecule has 98 valence electrons. The van der Waals surface area contributed by atoms with E-state index in [1.807, 2.05) is 6.07 Å². The van der Waals surface area contributed by atoms with Crippen molar-refractivity contribution in [2.45, 2.75) is 6.61 Å². The summed E-state index contributed by atoms with van der Waals surface area (Å²) in [6, 6.07) is 8.47. The van der Waals surface area contributed by atoms with E-state index >= 15 is 0 Å². The van der Waals surface area contributed by atoms with E-state index in [9.17, 15) is 4.79 Å². The quantitative estimate of drug-likeness (QED) is 0.869. The summed E-state index contributed by atoms with van der Waals surface area (Å²) >= 11 is 9.33. The maximum absolute atomic E-state index is 11.7. The van der Waals surface area contributed by atoms with Gasteiger partial charge in [0.25, 0.3) is 0 Å². The molecule has 19 heavy (non-hydrogen) atoms. The van der Waals surface area contributed by atoms with Crippen LogP contribution in [-0.4, -0.2) is 11.0 Å². The number of aromatic nitrogens is 1. The number of nitrogen functional groups attached to an aromatic ring is 1. The molecule has 0 radical (unpaired) electrons. The van der Waals surface area contributed by atoms with Gasteiger partial charge in [-0.2, -0.15) is 0 Å². The molecule has 2 aromatic rings. The molecule has 0 atom stereocenters. The van der Waals surface area contributed by atoms with Gasteiger partial charge in [0.2, 0.25) is 0 Å². The Morgan fingerprint density at radius 1 is 1.37 bits per heavy atom. The van der Waals surface area contributed by atoms with E-state index in [1.54, 1.807) is 18.2 Å². The maximum atomic E-state index is 11.7. The zero-order chi connectivity index (χ0) is 13.8. The lowest BCUT2D eigenvalue weighted by Gasteiger charge is -2.06. The SMILES string of the molecule is Nc1ccc(C(=O)OCc2ccc(Br)cc2Cl)nc1. The molecular formula is C13H10BrClN2O2. The van der Waals surface area contributed by atoms with E-state index in [-0.39, 0.29) is 12.3 Å². The highest BCUT2D eigenvalue weighted by molar-refractivity contribution is 9.10. The van der Waals surface area contributed by atoms with Gasteiger partial charge in [-0.05, 0) is 24.3 Å². The molecule has 4 nitrogen and oxygen atoms in total. The summed E-state index contributed by atoms with van der Waals surface area (Å²) in [4.78, 5) is 15.6. The lowest BCUT2D eigenvalue weighted by molar-refractivity contribution is 0.0466. The number of ether oxygens (including phenoxy) is 1. The van der Waals surface area contributed by atoms with Gasteiger partial charge >= 0.3 is 5.97 Å². The van der Waals surface area contributed by atoms with E-state index in [1.165, 1.54) is 12.3 Å². The van der Waals surface area contributed by atoms with Crippen molar-refractivity contribution in [3.05, 3.63) is 57.3 Å². The molecule has 0 saturated heterocycles. The van der Waals surface area contributed by atoms with E-state index in [4.69, 9.17) is 22.1 Å². The summed E-state index contributed by atoms with van der Waals surface area (Å²) in [6.45, 7) is 0.0942. The third kappa shape index (κ3) is 3.68. The van der Waals surface area contributed by atoms with Gasteiger partial charge in [0, 0.05) is 15.1 Å². The van der Waals surface area contributed by atoms with Crippen LogP contribution in [0.3, 0.4) is 0 Å². The van der Waals surface area contributed by atoms with Crippen molar-refractivity contribution in [3.63, 3.8) is 0 Å². The zero-order valence-electron chi connectivity index (χ0n) is 9.77. The molecule has 0 aliphatic carbocycles. The van der Waals surface area contributed by atoms with Crippen molar-refractivity contribution >= 4 is 39.2 Å². The van der Waals surface area contributed by atoms with Crippen molar-refractivity contribution in [1.29, 1.82) is 0 Å². The zero-order valence-corrected chi connectivity index (χ0v) is 12.1. The number of carbonyl (C=O) groups excluding carboxylic acids is 1. The van der Waals surface area contributed by atoms with Crippen LogP contribution in [0, 0.1) is 0 Å². The summed E-state index contributed by atoms with van der Waals surface area (Å²) in [5, 5.41) is 0.535. The summed E-state index contributed by atoms with van der Waals surface area (Å²) in [7, 11) is 0. The normalized spacial score (nSPS) is 10.2. The third-order valence-corrected chi connectivity index (χ3v) is 3.21. The van der Waals surface area contributed by atoms with Crippen LogP contribution in [0.2, 0.25) is 5.02 Å². The van der Waals surface area contributed by atoms with Gasteiger partial charge in [0.05, 0.1) is 11.9 Å². The van der Waals surface area contributed by atoms with Gasteiger partial charge in [-0.15, -0.1) is 0 Å². The number of benzene rings is 1. The molecule has 2 rings (SSSR count). The third-order valence-electron chi connectivity index (χ3n) is 2.37. The lowest BCUT2D eigenvalue weighted by Crippen LogP contribution is -2.07. The minimum absolute atomic E-state index is 0.0942. The first kappa shape index (κ1) is 13.8. The fourth-order valence-corrected chi connectivity index (χ4v) is 2.11. The summed E-state index contributed by atoms with van der Waals surface area (Å²) in [5.41, 5.74) is 6.92. The van der Waals surface area contributed by atoms with Crippen LogP contribution in [-0.2, 0) is 11.3 Å². The van der Waals surface area contributed by atoms with Gasteiger partial charge in [-0.3, -0.25) is 0 Å². The predicted molar refractivity (Wildman–Crippen MR) is 76.9 cm³/mol. The Labute approximate surface area is 123 Å². The van der Waals surface area contributed by atoms with Crippen LogP contribution in [0.5, 0.6) is 0 Å². The molecule has 1 aromatic heterocycles. The van der Waals surface area contributed by atoms with Crippen LogP contribution >= 0.6 is 27.5 Å². The molecule has 0 bridgehead atoms.